The first-order valence-corrected chi connectivity index (χ1v) is 10.6. The minimum atomic E-state index is -0.919. The maximum atomic E-state index is 10.7. The van der Waals surface area contributed by atoms with Crippen LogP contribution in [0.3, 0.4) is 0 Å². The normalized spacial score (nSPS) is 22.7. The third-order valence-electron chi connectivity index (χ3n) is 6.19. The van der Waals surface area contributed by atoms with Crippen molar-refractivity contribution in [1.82, 2.24) is 15.0 Å². The van der Waals surface area contributed by atoms with E-state index in [1.165, 1.54) is 6.33 Å². The van der Waals surface area contributed by atoms with Crippen molar-refractivity contribution >= 4 is 40.0 Å². The van der Waals surface area contributed by atoms with Crippen LogP contribution in [-0.4, -0.2) is 50.0 Å². The van der Waals surface area contributed by atoms with Crippen molar-refractivity contribution in [3.05, 3.63) is 58.4 Å². The second kappa shape index (κ2) is 7.64. The molecular formula is C22H23ClN6O2. The van der Waals surface area contributed by atoms with Crippen molar-refractivity contribution in [3.8, 4) is 0 Å². The van der Waals surface area contributed by atoms with E-state index in [1.54, 1.807) is 6.07 Å². The highest BCUT2D eigenvalue weighted by Gasteiger charge is 2.40. The summed E-state index contributed by atoms with van der Waals surface area (Å²) < 4.78 is 0. The molecule has 2 aromatic heterocycles. The van der Waals surface area contributed by atoms with Crippen molar-refractivity contribution in [1.29, 1.82) is 0 Å². The largest absolute Gasteiger partial charge is 0.388 e. The lowest BCUT2D eigenvalue weighted by atomic mass is 10.0. The average molecular weight is 439 g/mol. The first kappa shape index (κ1) is 20.0. The minimum Gasteiger partial charge on any atom is -0.388 e. The Morgan fingerprint density at radius 2 is 1.94 bits per heavy atom. The van der Waals surface area contributed by atoms with Gasteiger partial charge in [0.15, 0.2) is 0 Å². The third-order valence-corrected chi connectivity index (χ3v) is 6.50. The molecule has 0 amide bonds. The molecule has 5 rings (SSSR count). The predicted molar refractivity (Wildman–Crippen MR) is 121 cm³/mol. The van der Waals surface area contributed by atoms with Crippen LogP contribution in [-0.2, 0) is 12.8 Å². The minimum absolute atomic E-state index is 0.307. The summed E-state index contributed by atoms with van der Waals surface area (Å²) in [6.07, 6.45) is 3.60. The summed E-state index contributed by atoms with van der Waals surface area (Å²) in [5, 5.41) is 22.7. The molecule has 0 fully saturated rings. The maximum absolute atomic E-state index is 10.7. The summed E-state index contributed by atoms with van der Waals surface area (Å²) in [5.41, 5.74) is 15.4. The number of hydrogen-bond acceptors (Lipinski definition) is 8. The molecule has 3 heterocycles. The van der Waals surface area contributed by atoms with Crippen LogP contribution < -0.4 is 16.4 Å². The number of anilines is 3. The standard InChI is InChI=1S/C22H23ClN6O2/c23-15-8-12-3-1-11(7-16(12)28-21(15)25)2-4-13-9-17(19(31)18(13)30)29-6-5-14-20(24)26-10-27-22(14)29/h1,3,7-10,17-19,30-31H,2,4-6H2,(H2,25,28)(H2,24,26,27)/t17?,18-,19+/m1/s1. The number of aryl methyl sites for hydroxylation is 1. The highest BCUT2D eigenvalue weighted by atomic mass is 35.5. The fraction of sp³-hybridized carbons (Fsp3) is 0.318. The van der Waals surface area contributed by atoms with Crippen LogP contribution >= 0.6 is 11.6 Å². The van der Waals surface area contributed by atoms with E-state index < -0.39 is 12.2 Å². The molecule has 3 aromatic rings. The van der Waals surface area contributed by atoms with Gasteiger partial charge in [0, 0.05) is 17.5 Å². The molecule has 1 unspecified atom stereocenters. The van der Waals surface area contributed by atoms with Gasteiger partial charge in [0.2, 0.25) is 0 Å². The molecule has 0 spiro atoms. The van der Waals surface area contributed by atoms with Crippen molar-refractivity contribution in [2.75, 3.05) is 22.9 Å². The molecule has 160 valence electrons. The molecule has 2 aliphatic rings. The molecular weight excluding hydrogens is 416 g/mol. The summed E-state index contributed by atoms with van der Waals surface area (Å²) in [6.45, 7) is 0.677. The molecule has 1 aromatic carbocycles. The predicted octanol–water partition coefficient (Wildman–Crippen LogP) is 1.87. The van der Waals surface area contributed by atoms with Crippen LogP contribution in [0.1, 0.15) is 17.5 Å². The second-order valence-electron chi connectivity index (χ2n) is 8.05. The van der Waals surface area contributed by atoms with Crippen LogP contribution in [0.4, 0.5) is 17.5 Å². The highest BCUT2D eigenvalue weighted by molar-refractivity contribution is 6.33. The van der Waals surface area contributed by atoms with Gasteiger partial charge in [-0.3, -0.25) is 0 Å². The van der Waals surface area contributed by atoms with Crippen molar-refractivity contribution in [2.45, 2.75) is 37.5 Å². The van der Waals surface area contributed by atoms with E-state index in [4.69, 9.17) is 23.1 Å². The smallest absolute Gasteiger partial charge is 0.142 e. The number of fused-ring (bicyclic) bond motifs is 2. The molecule has 31 heavy (non-hydrogen) atoms. The molecule has 0 saturated carbocycles. The number of pyridine rings is 1. The topological polar surface area (TPSA) is 134 Å². The van der Waals surface area contributed by atoms with E-state index in [1.807, 2.05) is 29.2 Å². The zero-order valence-electron chi connectivity index (χ0n) is 16.7. The monoisotopic (exact) mass is 438 g/mol. The molecule has 0 radical (unpaired) electrons. The van der Waals surface area contributed by atoms with Crippen LogP contribution in [0.2, 0.25) is 5.02 Å². The fourth-order valence-electron chi connectivity index (χ4n) is 4.51. The van der Waals surface area contributed by atoms with Gasteiger partial charge in [-0.25, -0.2) is 15.0 Å². The molecule has 1 aliphatic heterocycles. The van der Waals surface area contributed by atoms with Crippen LogP contribution in [0, 0.1) is 0 Å². The van der Waals surface area contributed by atoms with Gasteiger partial charge < -0.3 is 26.6 Å². The van der Waals surface area contributed by atoms with Crippen molar-refractivity contribution in [2.24, 2.45) is 0 Å². The molecule has 3 atom stereocenters. The summed E-state index contributed by atoms with van der Waals surface area (Å²) in [5.74, 6) is 1.51. The Kier molecular flexibility index (Phi) is 4.92. The molecule has 0 saturated heterocycles. The summed E-state index contributed by atoms with van der Waals surface area (Å²) >= 11 is 6.05. The van der Waals surface area contributed by atoms with Gasteiger partial charge in [-0.15, -0.1) is 0 Å². The number of benzene rings is 1. The molecule has 9 heteroatoms. The highest BCUT2D eigenvalue weighted by Crippen LogP contribution is 2.36. The van der Waals surface area contributed by atoms with Gasteiger partial charge in [-0.05, 0) is 42.5 Å². The SMILES string of the molecule is Nc1nc2cc(CCC3=CC(N4CCc5c(N)ncnc54)[C@H](O)[C@@H]3O)ccc2cc1Cl. The van der Waals surface area contributed by atoms with E-state index in [9.17, 15) is 10.2 Å². The Morgan fingerprint density at radius 1 is 1.10 bits per heavy atom. The first-order valence-electron chi connectivity index (χ1n) is 10.2. The van der Waals surface area contributed by atoms with E-state index in [2.05, 4.69) is 15.0 Å². The lowest BCUT2D eigenvalue weighted by Gasteiger charge is -2.28. The van der Waals surface area contributed by atoms with Gasteiger partial charge in [-0.1, -0.05) is 29.8 Å². The van der Waals surface area contributed by atoms with Gasteiger partial charge in [0.25, 0.3) is 0 Å². The first-order chi connectivity index (χ1) is 14.9. The number of halogens is 1. The van der Waals surface area contributed by atoms with E-state index in [0.29, 0.717) is 36.0 Å². The molecule has 0 bridgehead atoms. The van der Waals surface area contributed by atoms with Crippen molar-refractivity contribution in [3.63, 3.8) is 0 Å². The van der Waals surface area contributed by atoms with E-state index >= 15 is 0 Å². The second-order valence-corrected chi connectivity index (χ2v) is 8.46. The number of nitrogen functional groups attached to an aromatic ring is 2. The summed E-state index contributed by atoms with van der Waals surface area (Å²) in [7, 11) is 0. The average Bonchev–Trinajstić information content (AvgIpc) is 3.30. The van der Waals surface area contributed by atoms with Gasteiger partial charge in [-0.2, -0.15) is 0 Å². The number of nitrogens with zero attached hydrogens (tertiary/aromatic N) is 4. The lowest BCUT2D eigenvalue weighted by molar-refractivity contribution is 0.0436. The van der Waals surface area contributed by atoms with E-state index in [-0.39, 0.29) is 6.04 Å². The number of aliphatic hydroxyl groups is 2. The van der Waals surface area contributed by atoms with Crippen LogP contribution in [0.25, 0.3) is 10.9 Å². The van der Waals surface area contributed by atoms with Crippen LogP contribution in [0.15, 0.2) is 42.2 Å². The zero-order chi connectivity index (χ0) is 21.7. The Balaban J connectivity index is 1.35. The lowest BCUT2D eigenvalue weighted by Crippen LogP contribution is -2.43. The number of aromatic nitrogens is 3. The Morgan fingerprint density at radius 3 is 2.77 bits per heavy atom. The van der Waals surface area contributed by atoms with Crippen molar-refractivity contribution < 1.29 is 10.2 Å². The Bertz CT molecular complexity index is 1200. The van der Waals surface area contributed by atoms with Gasteiger partial charge in [0.05, 0.1) is 16.6 Å². The molecule has 1 aliphatic carbocycles. The van der Waals surface area contributed by atoms with Gasteiger partial charge >= 0.3 is 0 Å². The maximum Gasteiger partial charge on any atom is 0.142 e. The number of rotatable bonds is 4. The number of aliphatic hydroxyl groups excluding tert-OH is 2. The Labute approximate surface area is 184 Å². The Hall–Kier alpha value is -2.94. The van der Waals surface area contributed by atoms with E-state index in [0.717, 1.165) is 39.8 Å². The fourth-order valence-corrected chi connectivity index (χ4v) is 4.67. The molecule has 6 N–H and O–H groups in total. The van der Waals surface area contributed by atoms with Crippen LogP contribution in [0.5, 0.6) is 0 Å². The number of nitrogens with two attached hydrogens (primary N) is 2. The third kappa shape index (κ3) is 3.46. The summed E-state index contributed by atoms with van der Waals surface area (Å²) in [6, 6.07) is 7.42. The van der Waals surface area contributed by atoms with Gasteiger partial charge in [0.1, 0.15) is 36.0 Å². The number of hydrogen-bond donors (Lipinski definition) is 4. The zero-order valence-corrected chi connectivity index (χ0v) is 17.5. The summed E-state index contributed by atoms with van der Waals surface area (Å²) in [4.78, 5) is 14.7. The quantitative estimate of drug-likeness (QED) is 0.453. The molecule has 8 nitrogen and oxygen atoms in total.